The van der Waals surface area contributed by atoms with Crippen LogP contribution in [-0.2, 0) is 27.3 Å². The molecule has 0 spiro atoms. The van der Waals surface area contributed by atoms with Crippen LogP contribution < -0.4 is 16.1 Å². The topological polar surface area (TPSA) is 126 Å². The van der Waals surface area contributed by atoms with E-state index >= 15 is 0 Å². The predicted molar refractivity (Wildman–Crippen MR) is 115 cm³/mol. The van der Waals surface area contributed by atoms with Crippen molar-refractivity contribution < 1.29 is 14.3 Å². The summed E-state index contributed by atoms with van der Waals surface area (Å²) in [6.07, 6.45) is 1.75. The first kappa shape index (κ1) is 22.4. The summed E-state index contributed by atoms with van der Waals surface area (Å²) in [6, 6.07) is 7.38. The number of aromatic nitrogens is 3. The highest BCUT2D eigenvalue weighted by Gasteiger charge is 2.12. The van der Waals surface area contributed by atoms with Gasteiger partial charge in [-0.3, -0.25) is 19.4 Å². The van der Waals surface area contributed by atoms with E-state index in [0.717, 1.165) is 5.56 Å². The number of aryl methyl sites for hydroxylation is 1. The van der Waals surface area contributed by atoms with E-state index in [1.54, 1.807) is 29.1 Å². The number of hydrogen-bond donors (Lipinski definition) is 2. The van der Waals surface area contributed by atoms with Crippen molar-refractivity contribution >= 4 is 34.8 Å². The van der Waals surface area contributed by atoms with Gasteiger partial charge in [0, 0.05) is 34.3 Å². The molecule has 9 nitrogen and oxygen atoms in total. The fourth-order valence-corrected chi connectivity index (χ4v) is 3.76. The van der Waals surface area contributed by atoms with Crippen molar-refractivity contribution in [3.63, 3.8) is 0 Å². The Bertz CT molecular complexity index is 1290. The third-order valence-corrected chi connectivity index (χ3v) is 5.53. The van der Waals surface area contributed by atoms with Crippen LogP contribution >= 0.6 is 22.9 Å². The second-order valence-corrected chi connectivity index (χ2v) is 7.86. The number of esters is 1. The number of thiazole rings is 1. The number of carbonyl (C=O) groups is 2. The molecule has 31 heavy (non-hydrogen) atoms. The zero-order valence-electron chi connectivity index (χ0n) is 16.5. The lowest BCUT2D eigenvalue weighted by atomic mass is 10.1. The molecule has 0 radical (unpaired) electrons. The Balaban J connectivity index is 1.57. The summed E-state index contributed by atoms with van der Waals surface area (Å²) in [4.78, 5) is 56.1. The van der Waals surface area contributed by atoms with Crippen molar-refractivity contribution in [1.29, 1.82) is 0 Å². The Kier molecular flexibility index (Phi) is 7.37. The van der Waals surface area contributed by atoms with E-state index in [1.807, 2.05) is 18.2 Å². The summed E-state index contributed by atoms with van der Waals surface area (Å²) >= 11 is 7.45. The highest BCUT2D eigenvalue weighted by molar-refractivity contribution is 7.07. The maximum absolute atomic E-state index is 12.1. The van der Waals surface area contributed by atoms with Gasteiger partial charge in [-0.25, -0.2) is 4.79 Å². The molecule has 1 amide bonds. The van der Waals surface area contributed by atoms with Crippen molar-refractivity contribution in [3.05, 3.63) is 83.3 Å². The van der Waals surface area contributed by atoms with E-state index in [-0.39, 0.29) is 18.4 Å². The molecule has 0 saturated heterocycles. The van der Waals surface area contributed by atoms with Crippen LogP contribution in [0.25, 0.3) is 0 Å². The number of H-pyrrole nitrogens is 2. The maximum Gasteiger partial charge on any atom is 0.325 e. The van der Waals surface area contributed by atoms with Crippen LogP contribution in [0.5, 0.6) is 0 Å². The van der Waals surface area contributed by atoms with Crippen LogP contribution in [0.2, 0.25) is 5.02 Å². The molecule has 3 rings (SSSR count). The predicted octanol–water partition coefficient (Wildman–Crippen LogP) is 1.54. The highest BCUT2D eigenvalue weighted by atomic mass is 35.5. The molecule has 162 valence electrons. The Morgan fingerprint density at radius 2 is 2.00 bits per heavy atom. The van der Waals surface area contributed by atoms with Crippen LogP contribution in [-0.4, -0.2) is 33.0 Å². The van der Waals surface area contributed by atoms with Gasteiger partial charge in [0.05, 0.1) is 6.54 Å². The van der Waals surface area contributed by atoms with Gasteiger partial charge >= 0.3 is 11.7 Å². The van der Waals surface area contributed by atoms with E-state index in [1.165, 1.54) is 11.3 Å². The molecular weight excluding hydrogens is 444 g/mol. The molecule has 0 fully saturated rings. The third-order valence-electron chi connectivity index (χ3n) is 4.37. The largest absolute Gasteiger partial charge is 0.455 e. The van der Waals surface area contributed by atoms with Crippen LogP contribution in [0.3, 0.4) is 0 Å². The summed E-state index contributed by atoms with van der Waals surface area (Å²) in [6.45, 7) is 1.50. The standard InChI is InChI=1S/C20H19ClN4O5S/c1-12-14(18(28)24-19(29)22-12)6-7-17(27)30-11-16(26)23-20-25(8-9-31-20)10-13-4-2-3-5-15(13)21/h2-5,8-9H,6-7,10-11H2,1H3,(H2,22,24,28,29). The Hall–Kier alpha value is -3.24. The fourth-order valence-electron chi connectivity index (χ4n) is 2.82. The van der Waals surface area contributed by atoms with Crippen molar-refractivity contribution in [3.8, 4) is 0 Å². The molecule has 2 heterocycles. The minimum Gasteiger partial charge on any atom is -0.455 e. The Labute approximate surface area is 185 Å². The normalized spacial score (nSPS) is 11.5. The number of hydrogen-bond acceptors (Lipinski definition) is 6. The van der Waals surface area contributed by atoms with Crippen molar-refractivity contribution in [2.45, 2.75) is 26.3 Å². The van der Waals surface area contributed by atoms with E-state index in [4.69, 9.17) is 16.3 Å². The van der Waals surface area contributed by atoms with Gasteiger partial charge < -0.3 is 14.3 Å². The minimum absolute atomic E-state index is 0.0743. The van der Waals surface area contributed by atoms with E-state index < -0.39 is 29.7 Å². The minimum atomic E-state index is -0.649. The monoisotopic (exact) mass is 462 g/mol. The van der Waals surface area contributed by atoms with Gasteiger partial charge in [0.2, 0.25) is 0 Å². The fraction of sp³-hybridized carbons (Fsp3) is 0.250. The molecule has 0 aliphatic carbocycles. The smallest absolute Gasteiger partial charge is 0.325 e. The van der Waals surface area contributed by atoms with Crippen molar-refractivity contribution in [2.75, 3.05) is 6.61 Å². The number of amides is 1. The van der Waals surface area contributed by atoms with Crippen LogP contribution in [0.1, 0.15) is 23.2 Å². The average molecular weight is 463 g/mol. The summed E-state index contributed by atoms with van der Waals surface area (Å²) < 4.78 is 6.74. The molecule has 11 heteroatoms. The van der Waals surface area contributed by atoms with Gasteiger partial charge in [0.25, 0.3) is 11.5 Å². The molecule has 0 unspecified atom stereocenters. The summed E-state index contributed by atoms with van der Waals surface area (Å²) in [5.74, 6) is -1.26. The van der Waals surface area contributed by atoms with E-state index in [0.29, 0.717) is 22.1 Å². The second kappa shape index (κ2) is 10.2. The molecule has 0 bridgehead atoms. The zero-order chi connectivity index (χ0) is 22.4. The number of nitrogens with one attached hydrogen (secondary N) is 2. The molecule has 0 aliphatic rings. The van der Waals surface area contributed by atoms with Crippen LogP contribution in [0.15, 0.2) is 50.4 Å². The number of halogens is 1. The third kappa shape index (κ3) is 6.12. The van der Waals surface area contributed by atoms with Crippen LogP contribution in [0.4, 0.5) is 0 Å². The lowest BCUT2D eigenvalue weighted by molar-refractivity contribution is -0.147. The molecule has 0 atom stereocenters. The summed E-state index contributed by atoms with van der Waals surface area (Å²) in [5.41, 5.74) is 0.387. The number of aromatic amines is 2. The quantitative estimate of drug-likeness (QED) is 0.515. The second-order valence-electron chi connectivity index (χ2n) is 6.58. The maximum atomic E-state index is 12.1. The molecule has 2 aromatic heterocycles. The number of rotatable bonds is 7. The van der Waals surface area contributed by atoms with Crippen LogP contribution in [0, 0.1) is 6.92 Å². The molecule has 0 saturated carbocycles. The van der Waals surface area contributed by atoms with Gasteiger partial charge in [-0.05, 0) is 25.0 Å². The van der Waals surface area contributed by atoms with Gasteiger partial charge in [0.1, 0.15) is 0 Å². The number of benzene rings is 1. The molecule has 0 aliphatic heterocycles. The van der Waals surface area contributed by atoms with Crippen molar-refractivity contribution in [1.82, 2.24) is 14.5 Å². The first-order valence-electron chi connectivity index (χ1n) is 9.26. The molecule has 2 N–H and O–H groups in total. The number of carbonyl (C=O) groups excluding carboxylic acids is 2. The van der Waals surface area contributed by atoms with Gasteiger partial charge in [-0.2, -0.15) is 4.99 Å². The van der Waals surface area contributed by atoms with E-state index in [9.17, 15) is 19.2 Å². The number of nitrogens with zero attached hydrogens (tertiary/aromatic N) is 2. The summed E-state index contributed by atoms with van der Waals surface area (Å²) in [7, 11) is 0. The van der Waals surface area contributed by atoms with Gasteiger partial charge in [0.15, 0.2) is 11.4 Å². The molecule has 1 aromatic carbocycles. The molecular formula is C20H19ClN4O5S. The summed E-state index contributed by atoms with van der Waals surface area (Å²) in [5, 5.41) is 2.41. The average Bonchev–Trinajstić information content (AvgIpc) is 3.14. The molecule has 3 aromatic rings. The van der Waals surface area contributed by atoms with Gasteiger partial charge in [-0.1, -0.05) is 29.8 Å². The lowest BCUT2D eigenvalue weighted by Gasteiger charge is -2.06. The first-order chi connectivity index (χ1) is 14.8. The Morgan fingerprint density at radius 1 is 1.23 bits per heavy atom. The SMILES string of the molecule is Cc1[nH]c(=O)[nH]c(=O)c1CCC(=O)OCC(=O)N=c1sccn1Cc1ccccc1Cl. The first-order valence-corrected chi connectivity index (χ1v) is 10.5. The van der Waals surface area contributed by atoms with E-state index in [2.05, 4.69) is 15.0 Å². The lowest BCUT2D eigenvalue weighted by Crippen LogP contribution is -2.27. The van der Waals surface area contributed by atoms with Gasteiger partial charge in [-0.15, -0.1) is 11.3 Å². The number of ether oxygens (including phenoxy) is 1. The Morgan fingerprint density at radius 3 is 2.74 bits per heavy atom. The highest BCUT2D eigenvalue weighted by Crippen LogP contribution is 2.15. The van der Waals surface area contributed by atoms with Crippen molar-refractivity contribution in [2.24, 2.45) is 4.99 Å². The zero-order valence-corrected chi connectivity index (χ0v) is 18.1.